The van der Waals surface area contributed by atoms with Crippen LogP contribution < -0.4 is 10.2 Å². The number of hydrogen-bond donors (Lipinski definition) is 1. The van der Waals surface area contributed by atoms with Gasteiger partial charge in [0, 0.05) is 38.4 Å². The Morgan fingerprint density at radius 3 is 2.78 bits per heavy atom. The van der Waals surface area contributed by atoms with Gasteiger partial charge in [-0.15, -0.1) is 0 Å². The second-order valence-electron chi connectivity index (χ2n) is 5.66. The van der Waals surface area contributed by atoms with Crippen molar-refractivity contribution in [2.75, 3.05) is 37.6 Å². The minimum atomic E-state index is 0.0111. The Bertz CT molecular complexity index is 635. The molecule has 0 radical (unpaired) electrons. The van der Waals surface area contributed by atoms with Crippen LogP contribution in [0.15, 0.2) is 35.0 Å². The second kappa shape index (κ2) is 7.23. The molecule has 1 saturated heterocycles. The van der Waals surface area contributed by atoms with Gasteiger partial charge in [-0.05, 0) is 19.1 Å². The van der Waals surface area contributed by atoms with Gasteiger partial charge in [-0.1, -0.05) is 11.2 Å². The number of carbonyl (C=O) groups excluding carboxylic acids is 1. The van der Waals surface area contributed by atoms with Crippen LogP contribution >= 0.6 is 0 Å². The number of aromatic nitrogens is 2. The number of amides is 1. The predicted octanol–water partition coefficient (Wildman–Crippen LogP) is 0.816. The Kier molecular flexibility index (Phi) is 4.87. The quantitative estimate of drug-likeness (QED) is 0.880. The lowest BCUT2D eigenvalue weighted by atomic mass is 10.3. The maximum Gasteiger partial charge on any atom is 0.234 e. The van der Waals surface area contributed by atoms with Crippen LogP contribution in [0.2, 0.25) is 0 Å². The molecule has 1 fully saturated rings. The SMILES string of the molecule is Cc1cc(CNC(=O)CN2CCN(c3ccccn3)CC2)no1. The number of carbonyl (C=O) groups is 1. The van der Waals surface area contributed by atoms with E-state index in [9.17, 15) is 4.79 Å². The first-order valence-corrected chi connectivity index (χ1v) is 7.78. The van der Waals surface area contributed by atoms with Crippen LogP contribution in [-0.4, -0.2) is 53.7 Å². The number of hydrogen-bond acceptors (Lipinski definition) is 6. The summed E-state index contributed by atoms with van der Waals surface area (Å²) in [7, 11) is 0. The van der Waals surface area contributed by atoms with Gasteiger partial charge in [0.1, 0.15) is 17.3 Å². The molecule has 1 aliphatic heterocycles. The summed E-state index contributed by atoms with van der Waals surface area (Å²) in [6, 6.07) is 7.75. The summed E-state index contributed by atoms with van der Waals surface area (Å²) in [5.74, 6) is 1.76. The van der Waals surface area contributed by atoms with E-state index in [4.69, 9.17) is 4.52 Å². The molecule has 2 aromatic rings. The molecule has 1 amide bonds. The molecule has 0 aromatic carbocycles. The zero-order valence-corrected chi connectivity index (χ0v) is 13.2. The average molecular weight is 315 g/mol. The topological polar surface area (TPSA) is 74.5 Å². The number of piperazine rings is 1. The lowest BCUT2D eigenvalue weighted by Gasteiger charge is -2.34. The Labute approximate surface area is 135 Å². The molecule has 1 aliphatic rings. The molecule has 0 spiro atoms. The highest BCUT2D eigenvalue weighted by Gasteiger charge is 2.19. The van der Waals surface area contributed by atoms with Gasteiger partial charge in [0.2, 0.25) is 5.91 Å². The van der Waals surface area contributed by atoms with Crippen molar-refractivity contribution < 1.29 is 9.32 Å². The third-order valence-corrected chi connectivity index (χ3v) is 3.86. The summed E-state index contributed by atoms with van der Waals surface area (Å²) < 4.78 is 4.98. The molecule has 23 heavy (non-hydrogen) atoms. The highest BCUT2D eigenvalue weighted by molar-refractivity contribution is 5.78. The van der Waals surface area contributed by atoms with Crippen LogP contribution in [0.3, 0.4) is 0 Å². The maximum atomic E-state index is 12.0. The molecule has 3 heterocycles. The standard InChI is InChI=1S/C16H21N5O2/c1-13-10-14(19-23-13)11-18-16(22)12-20-6-8-21(9-7-20)15-4-2-3-5-17-15/h2-5,10H,6-9,11-12H2,1H3,(H,18,22). The van der Waals surface area contributed by atoms with Gasteiger partial charge in [0.25, 0.3) is 0 Å². The van der Waals surface area contributed by atoms with E-state index >= 15 is 0 Å². The minimum absolute atomic E-state index is 0.0111. The predicted molar refractivity (Wildman–Crippen MR) is 86.0 cm³/mol. The molecular formula is C16H21N5O2. The number of anilines is 1. The molecule has 3 rings (SSSR count). The number of nitrogens with one attached hydrogen (secondary N) is 1. The fourth-order valence-corrected chi connectivity index (χ4v) is 2.63. The van der Waals surface area contributed by atoms with Crippen molar-refractivity contribution in [2.45, 2.75) is 13.5 Å². The number of pyridine rings is 1. The first-order valence-electron chi connectivity index (χ1n) is 7.78. The van der Waals surface area contributed by atoms with Crippen molar-refractivity contribution >= 4 is 11.7 Å². The molecular weight excluding hydrogens is 294 g/mol. The van der Waals surface area contributed by atoms with Crippen LogP contribution in [0.25, 0.3) is 0 Å². The van der Waals surface area contributed by atoms with Crippen molar-refractivity contribution in [1.29, 1.82) is 0 Å². The number of rotatable bonds is 5. The average Bonchev–Trinajstić information content (AvgIpc) is 3.00. The van der Waals surface area contributed by atoms with Crippen molar-refractivity contribution in [3.63, 3.8) is 0 Å². The highest BCUT2D eigenvalue weighted by atomic mass is 16.5. The summed E-state index contributed by atoms with van der Waals surface area (Å²) in [6.45, 7) is 6.12. The van der Waals surface area contributed by atoms with E-state index in [1.54, 1.807) is 6.20 Å². The van der Waals surface area contributed by atoms with Gasteiger partial charge < -0.3 is 14.7 Å². The van der Waals surface area contributed by atoms with Crippen LogP contribution in [-0.2, 0) is 11.3 Å². The fraction of sp³-hybridized carbons (Fsp3) is 0.438. The molecule has 7 nitrogen and oxygen atoms in total. The molecule has 7 heteroatoms. The Morgan fingerprint density at radius 1 is 1.30 bits per heavy atom. The summed E-state index contributed by atoms with van der Waals surface area (Å²) in [5.41, 5.74) is 0.746. The number of aryl methyl sites for hydroxylation is 1. The van der Waals surface area contributed by atoms with Gasteiger partial charge in [0.05, 0.1) is 13.1 Å². The van der Waals surface area contributed by atoms with Crippen molar-refractivity contribution in [2.24, 2.45) is 0 Å². The second-order valence-corrected chi connectivity index (χ2v) is 5.66. The van der Waals surface area contributed by atoms with E-state index in [0.717, 1.165) is 43.5 Å². The highest BCUT2D eigenvalue weighted by Crippen LogP contribution is 2.12. The lowest BCUT2D eigenvalue weighted by Crippen LogP contribution is -2.49. The Hall–Kier alpha value is -2.41. The van der Waals surface area contributed by atoms with Crippen molar-refractivity contribution in [3.8, 4) is 0 Å². The van der Waals surface area contributed by atoms with E-state index in [1.807, 2.05) is 31.2 Å². The van der Waals surface area contributed by atoms with Crippen molar-refractivity contribution in [3.05, 3.63) is 41.9 Å². The third kappa shape index (κ3) is 4.29. The van der Waals surface area contributed by atoms with E-state index in [-0.39, 0.29) is 5.91 Å². The molecule has 0 unspecified atom stereocenters. The molecule has 2 aromatic heterocycles. The van der Waals surface area contributed by atoms with Crippen LogP contribution in [0, 0.1) is 6.92 Å². The van der Waals surface area contributed by atoms with Crippen LogP contribution in [0.1, 0.15) is 11.5 Å². The van der Waals surface area contributed by atoms with Crippen molar-refractivity contribution in [1.82, 2.24) is 20.4 Å². The summed E-state index contributed by atoms with van der Waals surface area (Å²) in [4.78, 5) is 20.8. The zero-order chi connectivity index (χ0) is 16.1. The van der Waals surface area contributed by atoms with Gasteiger partial charge in [-0.25, -0.2) is 4.98 Å². The van der Waals surface area contributed by atoms with Gasteiger partial charge in [-0.3, -0.25) is 9.69 Å². The third-order valence-electron chi connectivity index (χ3n) is 3.86. The fourth-order valence-electron chi connectivity index (χ4n) is 2.63. The smallest absolute Gasteiger partial charge is 0.234 e. The first kappa shape index (κ1) is 15.5. The van der Waals surface area contributed by atoms with Crippen LogP contribution in [0.5, 0.6) is 0 Å². The van der Waals surface area contributed by atoms with Gasteiger partial charge in [-0.2, -0.15) is 0 Å². The summed E-state index contributed by atoms with van der Waals surface area (Å²) >= 11 is 0. The molecule has 0 atom stereocenters. The normalized spacial score (nSPS) is 15.6. The van der Waals surface area contributed by atoms with E-state index < -0.39 is 0 Å². The largest absolute Gasteiger partial charge is 0.361 e. The molecule has 0 saturated carbocycles. The lowest BCUT2D eigenvalue weighted by molar-refractivity contribution is -0.122. The first-order chi connectivity index (χ1) is 11.2. The van der Waals surface area contributed by atoms with E-state index in [2.05, 4.69) is 25.3 Å². The Morgan fingerprint density at radius 2 is 2.13 bits per heavy atom. The maximum absolute atomic E-state index is 12.0. The molecule has 1 N–H and O–H groups in total. The zero-order valence-electron chi connectivity index (χ0n) is 13.2. The van der Waals surface area contributed by atoms with E-state index in [0.29, 0.717) is 13.1 Å². The van der Waals surface area contributed by atoms with Crippen LogP contribution in [0.4, 0.5) is 5.82 Å². The van der Waals surface area contributed by atoms with Gasteiger partial charge in [0.15, 0.2) is 0 Å². The summed E-state index contributed by atoms with van der Waals surface area (Å²) in [5, 5.41) is 6.73. The Balaban J connectivity index is 1.41. The summed E-state index contributed by atoms with van der Waals surface area (Å²) in [6.07, 6.45) is 1.81. The van der Waals surface area contributed by atoms with Gasteiger partial charge >= 0.3 is 0 Å². The molecule has 122 valence electrons. The van der Waals surface area contributed by atoms with E-state index in [1.165, 1.54) is 0 Å². The monoisotopic (exact) mass is 315 g/mol. The minimum Gasteiger partial charge on any atom is -0.361 e. The number of nitrogens with zero attached hydrogens (tertiary/aromatic N) is 4. The molecule has 0 aliphatic carbocycles. The molecule has 0 bridgehead atoms.